The van der Waals surface area contributed by atoms with Gasteiger partial charge in [0.15, 0.2) is 0 Å². The fourth-order valence-electron chi connectivity index (χ4n) is 3.82. The van der Waals surface area contributed by atoms with E-state index in [2.05, 4.69) is 88.7 Å². The van der Waals surface area contributed by atoms with Crippen molar-refractivity contribution < 1.29 is 4.74 Å². The highest BCUT2D eigenvalue weighted by Gasteiger charge is 2.31. The second-order valence-electron chi connectivity index (χ2n) is 6.68. The molecule has 0 unspecified atom stereocenters. The maximum atomic E-state index is 6.05. The normalized spacial score (nSPS) is 16.0. The van der Waals surface area contributed by atoms with Gasteiger partial charge in [-0.25, -0.2) is 0 Å². The Morgan fingerprint density at radius 1 is 0.692 bits per heavy atom. The van der Waals surface area contributed by atoms with Gasteiger partial charge in [0.25, 0.3) is 0 Å². The summed E-state index contributed by atoms with van der Waals surface area (Å²) in [6, 6.07) is 29.6. The molecule has 0 amide bonds. The molecular weight excluding hydrogens is 320 g/mol. The van der Waals surface area contributed by atoms with Gasteiger partial charge in [-0.2, -0.15) is 0 Å². The van der Waals surface area contributed by atoms with Crippen LogP contribution >= 0.6 is 0 Å². The van der Waals surface area contributed by atoms with Crippen molar-refractivity contribution in [1.29, 1.82) is 0 Å². The Kier molecular flexibility index (Phi) is 3.64. The predicted molar refractivity (Wildman–Crippen MR) is 106 cm³/mol. The first kappa shape index (κ1) is 15.1. The fourth-order valence-corrected chi connectivity index (χ4v) is 3.82. The van der Waals surface area contributed by atoms with E-state index in [1.54, 1.807) is 0 Å². The third-order valence-electron chi connectivity index (χ3n) is 5.03. The summed E-state index contributed by atoms with van der Waals surface area (Å²) in [7, 11) is 0. The van der Waals surface area contributed by atoms with Gasteiger partial charge in [0.2, 0.25) is 0 Å². The minimum atomic E-state index is 0.638. The molecule has 3 aromatic rings. The van der Waals surface area contributed by atoms with Gasteiger partial charge in [-0.15, -0.1) is 0 Å². The molecule has 0 bridgehead atoms. The van der Waals surface area contributed by atoms with Gasteiger partial charge in [0.05, 0.1) is 12.4 Å². The molecule has 0 atom stereocenters. The average Bonchev–Trinajstić information content (AvgIpc) is 2.74. The summed E-state index contributed by atoms with van der Waals surface area (Å²) in [5.74, 6) is 0.973. The Labute approximate surface area is 153 Å². The quantitative estimate of drug-likeness (QED) is 0.668. The fraction of sp³-hybridized carbons (Fsp3) is 0.130. The summed E-state index contributed by atoms with van der Waals surface area (Å²) < 4.78 is 6.05. The third-order valence-corrected chi connectivity index (χ3v) is 5.03. The largest absolute Gasteiger partial charge is 0.488 e. The number of benzene rings is 3. The molecule has 0 spiro atoms. The average molecular weight is 340 g/mol. The van der Waals surface area contributed by atoms with E-state index in [9.17, 15) is 0 Å². The summed E-state index contributed by atoms with van der Waals surface area (Å²) in [5.41, 5.74) is 6.24. The predicted octanol–water partition coefficient (Wildman–Crippen LogP) is 4.77. The van der Waals surface area contributed by atoms with Gasteiger partial charge in [-0.1, -0.05) is 48.5 Å². The molecule has 128 valence electrons. The Hall–Kier alpha value is -3.20. The molecule has 3 heteroatoms. The van der Waals surface area contributed by atoms with Crippen molar-refractivity contribution in [3.63, 3.8) is 0 Å². The van der Waals surface area contributed by atoms with Crippen LogP contribution in [0.4, 0.5) is 11.4 Å². The van der Waals surface area contributed by atoms with E-state index in [1.807, 2.05) is 6.07 Å². The smallest absolute Gasteiger partial charge is 0.129 e. The first-order chi connectivity index (χ1) is 12.9. The molecule has 5 rings (SSSR count). The van der Waals surface area contributed by atoms with Crippen molar-refractivity contribution in [2.24, 2.45) is 0 Å². The van der Waals surface area contributed by atoms with Crippen LogP contribution in [-0.2, 0) is 0 Å². The molecule has 3 aromatic carbocycles. The molecule has 0 aliphatic carbocycles. The highest BCUT2D eigenvalue weighted by Crippen LogP contribution is 2.40. The van der Waals surface area contributed by atoms with E-state index in [-0.39, 0.29) is 0 Å². The number of hydrogen-bond donors (Lipinski definition) is 0. The Morgan fingerprint density at radius 2 is 1.35 bits per heavy atom. The van der Waals surface area contributed by atoms with Crippen LogP contribution in [0.5, 0.6) is 5.75 Å². The van der Waals surface area contributed by atoms with Crippen molar-refractivity contribution in [2.75, 3.05) is 29.6 Å². The number of fused-ring (bicyclic) bond motifs is 2. The molecule has 0 saturated carbocycles. The van der Waals surface area contributed by atoms with Crippen LogP contribution in [0.1, 0.15) is 5.56 Å². The highest BCUT2D eigenvalue weighted by molar-refractivity contribution is 5.87. The lowest BCUT2D eigenvalue weighted by Crippen LogP contribution is -2.45. The van der Waals surface area contributed by atoms with Gasteiger partial charge in [-0.05, 0) is 36.4 Å². The van der Waals surface area contributed by atoms with Gasteiger partial charge in [0, 0.05) is 29.1 Å². The lowest BCUT2D eigenvalue weighted by atomic mass is 9.98. The number of ether oxygens (including phenoxy) is 1. The van der Waals surface area contributed by atoms with Gasteiger partial charge >= 0.3 is 0 Å². The monoisotopic (exact) mass is 340 g/mol. The van der Waals surface area contributed by atoms with E-state index in [0.29, 0.717) is 6.61 Å². The minimum absolute atomic E-state index is 0.638. The lowest BCUT2D eigenvalue weighted by molar-refractivity contribution is 0.340. The molecule has 2 aliphatic heterocycles. The molecule has 0 radical (unpaired) electrons. The molecule has 2 aliphatic rings. The van der Waals surface area contributed by atoms with E-state index >= 15 is 0 Å². The maximum absolute atomic E-state index is 6.05. The second-order valence-corrected chi connectivity index (χ2v) is 6.68. The molecule has 0 fully saturated rings. The van der Waals surface area contributed by atoms with Gasteiger partial charge in [0.1, 0.15) is 12.4 Å². The van der Waals surface area contributed by atoms with Crippen molar-refractivity contribution >= 4 is 17.1 Å². The first-order valence-electron chi connectivity index (χ1n) is 8.97. The number of rotatable bonds is 2. The van der Waals surface area contributed by atoms with Crippen LogP contribution in [0.2, 0.25) is 0 Å². The summed E-state index contributed by atoms with van der Waals surface area (Å²) in [4.78, 5) is 4.82. The van der Waals surface area contributed by atoms with Crippen LogP contribution in [0.15, 0.2) is 90.5 Å². The molecule has 26 heavy (non-hydrogen) atoms. The number of nitrogens with zero attached hydrogens (tertiary/aromatic N) is 2. The molecule has 3 nitrogen and oxygen atoms in total. The molecule has 2 heterocycles. The summed E-state index contributed by atoms with van der Waals surface area (Å²) in [5, 5.41) is 0. The number of anilines is 2. The van der Waals surface area contributed by atoms with Crippen LogP contribution < -0.4 is 14.5 Å². The van der Waals surface area contributed by atoms with Crippen molar-refractivity contribution in [2.45, 2.75) is 0 Å². The summed E-state index contributed by atoms with van der Waals surface area (Å²) in [6.45, 7) is 2.34. The first-order valence-corrected chi connectivity index (χ1v) is 8.97. The second kappa shape index (κ2) is 6.26. The zero-order valence-electron chi connectivity index (χ0n) is 14.5. The topological polar surface area (TPSA) is 15.7 Å². The van der Waals surface area contributed by atoms with Crippen LogP contribution in [-0.4, -0.2) is 19.8 Å². The Morgan fingerprint density at radius 3 is 2.12 bits per heavy atom. The lowest BCUT2D eigenvalue weighted by Gasteiger charge is -2.43. The van der Waals surface area contributed by atoms with E-state index < -0.39 is 0 Å². The van der Waals surface area contributed by atoms with Crippen molar-refractivity contribution in [1.82, 2.24) is 0 Å². The van der Waals surface area contributed by atoms with Crippen LogP contribution in [0.25, 0.3) is 5.70 Å². The van der Waals surface area contributed by atoms with E-state index in [1.165, 1.54) is 28.2 Å². The molecule has 0 aromatic heterocycles. The zero-order chi connectivity index (χ0) is 17.3. The number of hydrogen-bond acceptors (Lipinski definition) is 3. The zero-order valence-corrected chi connectivity index (χ0v) is 14.5. The SMILES string of the molecule is c1ccc(N2CC3=C(c4ccccc4OC3)N(c3ccccc3)C2)cc1. The highest BCUT2D eigenvalue weighted by atomic mass is 16.5. The molecule has 0 saturated heterocycles. The maximum Gasteiger partial charge on any atom is 0.129 e. The Balaban J connectivity index is 1.64. The standard InChI is InChI=1S/C23H20N2O/c1-3-9-19(10-4-1)24-15-18-16-26-22-14-8-7-13-21(22)23(18)25(17-24)20-11-5-2-6-12-20/h1-14H,15-17H2. The van der Waals surface area contributed by atoms with Gasteiger partial charge in [-0.3, -0.25) is 0 Å². The van der Waals surface area contributed by atoms with Crippen molar-refractivity contribution in [3.8, 4) is 5.75 Å². The molecule has 0 N–H and O–H groups in total. The van der Waals surface area contributed by atoms with Gasteiger partial charge < -0.3 is 14.5 Å². The number of para-hydroxylation sites is 3. The van der Waals surface area contributed by atoms with Crippen LogP contribution in [0, 0.1) is 0 Å². The van der Waals surface area contributed by atoms with Crippen LogP contribution in [0.3, 0.4) is 0 Å². The third kappa shape index (κ3) is 2.53. The van der Waals surface area contributed by atoms with Crippen molar-refractivity contribution in [3.05, 3.63) is 96.1 Å². The Bertz CT molecular complexity index is 950. The summed E-state index contributed by atoms with van der Waals surface area (Å²) >= 11 is 0. The minimum Gasteiger partial charge on any atom is -0.488 e. The van der Waals surface area contributed by atoms with E-state index in [4.69, 9.17) is 4.74 Å². The molecular formula is C23H20N2O. The van der Waals surface area contributed by atoms with E-state index in [0.717, 1.165) is 19.0 Å². The summed E-state index contributed by atoms with van der Waals surface area (Å²) in [6.07, 6.45) is 0.